The molecule has 5 rings (SSSR count). The summed E-state index contributed by atoms with van der Waals surface area (Å²) in [5.74, 6) is 2.67. The molecule has 5 aliphatic rings. The van der Waals surface area contributed by atoms with E-state index in [1.54, 1.807) is 0 Å². The summed E-state index contributed by atoms with van der Waals surface area (Å²) in [6, 6.07) is 0. The van der Waals surface area contributed by atoms with E-state index in [2.05, 4.69) is 10.6 Å². The third-order valence-corrected chi connectivity index (χ3v) is 7.75. The standard InChI is InChI=1S/C23H37N3O3/c27-20(15-23-12-17-9-18(13-23)11-19(10-17)14-23)25-16-21(28)24-6-4-8-26-7-3-1-2-5-22(26)29/h17-19H,1-16H2,(H,24,28)(H,25,27). The first-order valence-corrected chi connectivity index (χ1v) is 11.8. The first kappa shape index (κ1) is 20.7. The van der Waals surface area contributed by atoms with Gasteiger partial charge in [-0.3, -0.25) is 14.4 Å². The van der Waals surface area contributed by atoms with Crippen molar-refractivity contribution in [1.82, 2.24) is 15.5 Å². The van der Waals surface area contributed by atoms with Crippen LogP contribution in [0.2, 0.25) is 0 Å². The molecule has 4 aliphatic carbocycles. The fourth-order valence-corrected chi connectivity index (χ4v) is 6.92. The average molecular weight is 404 g/mol. The lowest BCUT2D eigenvalue weighted by Gasteiger charge is -2.56. The zero-order chi connectivity index (χ0) is 20.3. The van der Waals surface area contributed by atoms with Gasteiger partial charge >= 0.3 is 0 Å². The molecule has 0 atom stereocenters. The van der Waals surface area contributed by atoms with Gasteiger partial charge in [-0.05, 0) is 81.0 Å². The maximum Gasteiger partial charge on any atom is 0.239 e. The van der Waals surface area contributed by atoms with Gasteiger partial charge in [0.2, 0.25) is 17.7 Å². The van der Waals surface area contributed by atoms with Crippen LogP contribution in [0.25, 0.3) is 0 Å². The molecule has 1 heterocycles. The minimum Gasteiger partial charge on any atom is -0.355 e. The van der Waals surface area contributed by atoms with Gasteiger partial charge in [0.15, 0.2) is 0 Å². The number of carbonyl (C=O) groups excluding carboxylic acids is 3. The molecular formula is C23H37N3O3. The van der Waals surface area contributed by atoms with Crippen LogP contribution in [0.3, 0.4) is 0 Å². The second-order valence-corrected chi connectivity index (χ2v) is 10.3. The summed E-state index contributed by atoms with van der Waals surface area (Å²) >= 11 is 0. The molecule has 3 amide bonds. The lowest BCUT2D eigenvalue weighted by molar-refractivity contribution is -0.132. The molecule has 0 aromatic carbocycles. The van der Waals surface area contributed by atoms with Gasteiger partial charge in [-0.25, -0.2) is 0 Å². The normalized spacial score (nSPS) is 33.4. The highest BCUT2D eigenvalue weighted by Crippen LogP contribution is 2.61. The average Bonchev–Trinajstić information content (AvgIpc) is 2.86. The summed E-state index contributed by atoms with van der Waals surface area (Å²) in [5, 5.41) is 5.72. The van der Waals surface area contributed by atoms with Gasteiger partial charge in [0.25, 0.3) is 0 Å². The molecule has 4 saturated carbocycles. The predicted molar refractivity (Wildman–Crippen MR) is 111 cm³/mol. The third kappa shape index (κ3) is 5.32. The molecule has 6 nitrogen and oxygen atoms in total. The molecule has 1 saturated heterocycles. The number of amides is 3. The summed E-state index contributed by atoms with van der Waals surface area (Å²) in [4.78, 5) is 38.5. The highest BCUT2D eigenvalue weighted by molar-refractivity contribution is 5.85. The van der Waals surface area contributed by atoms with Gasteiger partial charge in [-0.2, -0.15) is 0 Å². The molecule has 0 aromatic heterocycles. The van der Waals surface area contributed by atoms with Crippen LogP contribution >= 0.6 is 0 Å². The van der Waals surface area contributed by atoms with Crippen LogP contribution in [0.5, 0.6) is 0 Å². The van der Waals surface area contributed by atoms with Crippen LogP contribution in [0.15, 0.2) is 0 Å². The monoisotopic (exact) mass is 403 g/mol. The van der Waals surface area contributed by atoms with E-state index in [9.17, 15) is 14.4 Å². The smallest absolute Gasteiger partial charge is 0.239 e. The molecule has 1 aliphatic heterocycles. The molecule has 162 valence electrons. The van der Waals surface area contributed by atoms with Gasteiger partial charge in [-0.1, -0.05) is 6.42 Å². The molecule has 0 spiro atoms. The third-order valence-electron chi connectivity index (χ3n) is 7.75. The Hall–Kier alpha value is -1.59. The van der Waals surface area contributed by atoms with E-state index in [-0.39, 0.29) is 29.7 Å². The van der Waals surface area contributed by atoms with E-state index in [4.69, 9.17) is 0 Å². The highest BCUT2D eigenvalue weighted by Gasteiger charge is 2.51. The number of hydrogen-bond acceptors (Lipinski definition) is 3. The van der Waals surface area contributed by atoms with Gasteiger partial charge in [0, 0.05) is 32.5 Å². The maximum absolute atomic E-state index is 12.5. The van der Waals surface area contributed by atoms with E-state index in [1.807, 2.05) is 4.90 Å². The Morgan fingerprint density at radius 1 is 0.931 bits per heavy atom. The first-order chi connectivity index (χ1) is 14.0. The highest BCUT2D eigenvalue weighted by atomic mass is 16.2. The van der Waals surface area contributed by atoms with Gasteiger partial charge in [0.05, 0.1) is 6.54 Å². The van der Waals surface area contributed by atoms with Crippen molar-refractivity contribution >= 4 is 17.7 Å². The van der Waals surface area contributed by atoms with E-state index in [1.165, 1.54) is 38.5 Å². The number of nitrogens with zero attached hydrogens (tertiary/aromatic N) is 1. The number of likely N-dealkylation sites (tertiary alicyclic amines) is 1. The van der Waals surface area contributed by atoms with Crippen molar-refractivity contribution in [1.29, 1.82) is 0 Å². The Labute approximate surface area is 174 Å². The van der Waals surface area contributed by atoms with Crippen LogP contribution < -0.4 is 10.6 Å². The molecule has 5 fully saturated rings. The van der Waals surface area contributed by atoms with Crippen molar-refractivity contribution in [2.24, 2.45) is 23.2 Å². The number of hydrogen-bond donors (Lipinski definition) is 2. The second kappa shape index (κ2) is 9.05. The predicted octanol–water partition coefficient (Wildman–Crippen LogP) is 2.62. The van der Waals surface area contributed by atoms with Crippen LogP contribution in [-0.4, -0.2) is 48.8 Å². The molecule has 2 N–H and O–H groups in total. The maximum atomic E-state index is 12.5. The second-order valence-electron chi connectivity index (χ2n) is 10.3. The summed E-state index contributed by atoms with van der Waals surface area (Å²) in [6.45, 7) is 2.16. The number of carbonyl (C=O) groups is 3. The van der Waals surface area contributed by atoms with Gasteiger partial charge in [-0.15, -0.1) is 0 Å². The number of rotatable bonds is 8. The molecular weight excluding hydrogens is 366 g/mol. The first-order valence-electron chi connectivity index (χ1n) is 11.8. The Bertz CT molecular complexity index is 598. The van der Waals surface area contributed by atoms with Gasteiger partial charge in [0.1, 0.15) is 0 Å². The molecule has 29 heavy (non-hydrogen) atoms. The van der Waals surface area contributed by atoms with Crippen molar-refractivity contribution in [2.45, 2.75) is 77.0 Å². The fourth-order valence-electron chi connectivity index (χ4n) is 6.92. The summed E-state index contributed by atoms with van der Waals surface area (Å²) in [5.41, 5.74) is 0.217. The topological polar surface area (TPSA) is 78.5 Å². The Balaban J connectivity index is 1.11. The molecule has 0 radical (unpaired) electrons. The van der Waals surface area contributed by atoms with Gasteiger partial charge < -0.3 is 15.5 Å². The summed E-state index contributed by atoms with van der Waals surface area (Å²) < 4.78 is 0. The van der Waals surface area contributed by atoms with Crippen molar-refractivity contribution in [2.75, 3.05) is 26.2 Å². The molecule has 6 heteroatoms. The van der Waals surface area contributed by atoms with E-state index < -0.39 is 0 Å². The minimum atomic E-state index is -0.133. The van der Waals surface area contributed by atoms with Crippen LogP contribution in [0.1, 0.15) is 77.0 Å². The molecule has 0 unspecified atom stereocenters. The van der Waals surface area contributed by atoms with Crippen molar-refractivity contribution in [3.63, 3.8) is 0 Å². The largest absolute Gasteiger partial charge is 0.355 e. The Kier molecular flexibility index (Phi) is 6.45. The molecule has 0 aromatic rings. The number of nitrogens with one attached hydrogen (secondary N) is 2. The van der Waals surface area contributed by atoms with E-state index in [0.717, 1.165) is 50.0 Å². The minimum absolute atomic E-state index is 0.0391. The zero-order valence-electron chi connectivity index (χ0n) is 17.7. The van der Waals surface area contributed by atoms with E-state index in [0.29, 0.717) is 25.9 Å². The lowest BCUT2D eigenvalue weighted by Crippen LogP contribution is -2.48. The summed E-state index contributed by atoms with van der Waals surface area (Å²) in [7, 11) is 0. The zero-order valence-corrected chi connectivity index (χ0v) is 17.7. The quantitative estimate of drug-likeness (QED) is 0.612. The van der Waals surface area contributed by atoms with Crippen LogP contribution in [0.4, 0.5) is 0 Å². The fraction of sp³-hybridized carbons (Fsp3) is 0.870. The summed E-state index contributed by atoms with van der Waals surface area (Å²) in [6.07, 6.45) is 13.0. The Morgan fingerprint density at radius 3 is 2.31 bits per heavy atom. The Morgan fingerprint density at radius 2 is 1.62 bits per heavy atom. The SMILES string of the molecule is O=C(CNC(=O)CC12CC3CC(CC(C3)C1)C2)NCCCN1CCCCCC1=O. The van der Waals surface area contributed by atoms with Crippen molar-refractivity contribution < 1.29 is 14.4 Å². The van der Waals surface area contributed by atoms with Crippen LogP contribution in [-0.2, 0) is 14.4 Å². The lowest BCUT2D eigenvalue weighted by atomic mass is 9.49. The van der Waals surface area contributed by atoms with Crippen molar-refractivity contribution in [3.05, 3.63) is 0 Å². The van der Waals surface area contributed by atoms with Crippen LogP contribution in [0, 0.1) is 23.2 Å². The molecule has 4 bridgehead atoms. The van der Waals surface area contributed by atoms with Crippen molar-refractivity contribution in [3.8, 4) is 0 Å². The van der Waals surface area contributed by atoms with E-state index >= 15 is 0 Å².